The smallest absolute Gasteiger partial charge is 0.229 e. The molecule has 2 aromatic rings. The van der Waals surface area contributed by atoms with Crippen LogP contribution in [0.2, 0.25) is 0 Å². The highest BCUT2D eigenvalue weighted by Crippen LogP contribution is 2.40. The van der Waals surface area contributed by atoms with Gasteiger partial charge in [-0.1, -0.05) is 6.07 Å². The molecule has 10 heteroatoms. The second-order valence-electron chi connectivity index (χ2n) is 7.47. The molecule has 176 valence electrons. The molecule has 0 unspecified atom stereocenters. The maximum absolute atomic E-state index is 10.5. The minimum atomic E-state index is -1.63. The van der Waals surface area contributed by atoms with Crippen molar-refractivity contribution in [3.8, 4) is 28.7 Å². The Labute approximate surface area is 184 Å². The fourth-order valence-corrected chi connectivity index (χ4v) is 3.52. The standard InChI is InChI=1S/C22H28O10/c1-29-15-6-5-11(7-13(15)24)3-4-12-8-14(25)21(16(9-12)30-2)32-22-20(28)19(27)18(26)17(10-23)31-22/h5-9,17-20,22-28H,3-4,10H2,1-2H3/t17-,18+,19+,20-,22+/m0/s1. The summed E-state index contributed by atoms with van der Waals surface area (Å²) in [5, 5.41) is 59.7. The summed E-state index contributed by atoms with van der Waals surface area (Å²) >= 11 is 0. The van der Waals surface area contributed by atoms with E-state index in [4.69, 9.17) is 18.9 Å². The first-order valence-corrected chi connectivity index (χ1v) is 10.0. The highest BCUT2D eigenvalue weighted by molar-refractivity contribution is 5.53. The molecule has 0 bridgehead atoms. The summed E-state index contributed by atoms with van der Waals surface area (Å²) in [5.74, 6) is 0.169. The zero-order valence-electron chi connectivity index (χ0n) is 17.7. The van der Waals surface area contributed by atoms with Crippen LogP contribution in [-0.4, -0.2) is 82.2 Å². The Morgan fingerprint density at radius 3 is 2.09 bits per heavy atom. The van der Waals surface area contributed by atoms with Gasteiger partial charge in [-0.25, -0.2) is 0 Å². The maximum atomic E-state index is 10.5. The summed E-state index contributed by atoms with van der Waals surface area (Å²) in [5.41, 5.74) is 1.58. The lowest BCUT2D eigenvalue weighted by atomic mass is 9.99. The molecule has 3 rings (SSSR count). The van der Waals surface area contributed by atoms with Crippen LogP contribution in [0.25, 0.3) is 0 Å². The Morgan fingerprint density at radius 1 is 0.812 bits per heavy atom. The molecule has 0 aromatic heterocycles. The van der Waals surface area contributed by atoms with E-state index in [9.17, 15) is 30.6 Å². The molecule has 2 aromatic carbocycles. The van der Waals surface area contributed by atoms with Crippen molar-refractivity contribution in [2.75, 3.05) is 20.8 Å². The molecule has 1 aliphatic rings. The van der Waals surface area contributed by atoms with Gasteiger partial charge < -0.3 is 49.6 Å². The van der Waals surface area contributed by atoms with E-state index in [2.05, 4.69) is 0 Å². The number of benzene rings is 2. The zero-order chi connectivity index (χ0) is 23.4. The van der Waals surface area contributed by atoms with E-state index in [1.807, 2.05) is 6.07 Å². The second kappa shape index (κ2) is 10.2. The highest BCUT2D eigenvalue weighted by Gasteiger charge is 2.45. The van der Waals surface area contributed by atoms with Gasteiger partial charge in [0.05, 0.1) is 20.8 Å². The van der Waals surface area contributed by atoms with Gasteiger partial charge in [0.1, 0.15) is 24.4 Å². The van der Waals surface area contributed by atoms with Crippen LogP contribution in [0.3, 0.4) is 0 Å². The third kappa shape index (κ3) is 5.00. The number of hydrogen-bond acceptors (Lipinski definition) is 10. The number of aromatic hydroxyl groups is 2. The molecular weight excluding hydrogens is 424 g/mol. The van der Waals surface area contributed by atoms with Crippen LogP contribution >= 0.6 is 0 Å². The molecule has 10 nitrogen and oxygen atoms in total. The van der Waals surface area contributed by atoms with Crippen molar-refractivity contribution in [1.29, 1.82) is 0 Å². The van der Waals surface area contributed by atoms with Crippen LogP contribution in [0, 0.1) is 0 Å². The van der Waals surface area contributed by atoms with Crippen LogP contribution in [0.15, 0.2) is 30.3 Å². The highest BCUT2D eigenvalue weighted by atomic mass is 16.7. The van der Waals surface area contributed by atoms with E-state index in [0.717, 1.165) is 11.1 Å². The van der Waals surface area contributed by atoms with Gasteiger partial charge in [0.15, 0.2) is 23.0 Å². The molecule has 0 spiro atoms. The third-order valence-electron chi connectivity index (χ3n) is 5.34. The topological polar surface area (TPSA) is 158 Å². The summed E-state index contributed by atoms with van der Waals surface area (Å²) in [7, 11) is 2.85. The fourth-order valence-electron chi connectivity index (χ4n) is 3.52. The number of aliphatic hydroxyl groups is 4. The largest absolute Gasteiger partial charge is 0.504 e. The van der Waals surface area contributed by atoms with Gasteiger partial charge in [-0.15, -0.1) is 0 Å². The molecule has 0 saturated carbocycles. The number of ether oxygens (including phenoxy) is 4. The van der Waals surface area contributed by atoms with Crippen LogP contribution in [0.1, 0.15) is 11.1 Å². The van der Waals surface area contributed by atoms with Gasteiger partial charge in [0.25, 0.3) is 0 Å². The fraction of sp³-hybridized carbons (Fsp3) is 0.455. The van der Waals surface area contributed by atoms with Crippen molar-refractivity contribution < 1.29 is 49.6 Å². The normalized spacial score (nSPS) is 25.4. The van der Waals surface area contributed by atoms with E-state index in [1.165, 1.54) is 20.3 Å². The van der Waals surface area contributed by atoms with E-state index >= 15 is 0 Å². The van der Waals surface area contributed by atoms with Crippen molar-refractivity contribution in [2.24, 2.45) is 0 Å². The van der Waals surface area contributed by atoms with E-state index in [-0.39, 0.29) is 23.0 Å². The number of aliphatic hydroxyl groups excluding tert-OH is 4. The molecule has 5 atom stereocenters. The van der Waals surface area contributed by atoms with Gasteiger partial charge in [-0.05, 0) is 48.2 Å². The first-order valence-electron chi connectivity index (χ1n) is 10.0. The Bertz CT molecular complexity index is 916. The lowest BCUT2D eigenvalue weighted by molar-refractivity contribution is -0.277. The molecule has 1 aliphatic heterocycles. The quantitative estimate of drug-likeness (QED) is 0.324. The van der Waals surface area contributed by atoms with Gasteiger partial charge in [-0.3, -0.25) is 0 Å². The Morgan fingerprint density at radius 2 is 1.47 bits per heavy atom. The first kappa shape index (κ1) is 23.9. The van der Waals surface area contributed by atoms with Crippen LogP contribution < -0.4 is 14.2 Å². The predicted octanol–water partition coefficient (Wildman–Crippen LogP) is 0.0789. The number of rotatable bonds is 8. The van der Waals surface area contributed by atoms with Crippen LogP contribution in [0.5, 0.6) is 28.7 Å². The van der Waals surface area contributed by atoms with Crippen molar-refractivity contribution in [2.45, 2.75) is 43.5 Å². The summed E-state index contributed by atoms with van der Waals surface area (Å²) in [6.07, 6.45) is -6.29. The van der Waals surface area contributed by atoms with Crippen LogP contribution in [-0.2, 0) is 17.6 Å². The van der Waals surface area contributed by atoms with Gasteiger partial charge in [0.2, 0.25) is 12.0 Å². The predicted molar refractivity (Wildman–Crippen MR) is 111 cm³/mol. The summed E-state index contributed by atoms with van der Waals surface area (Å²) in [6, 6.07) is 8.20. The van der Waals surface area contributed by atoms with Gasteiger partial charge >= 0.3 is 0 Å². The SMILES string of the molecule is COc1ccc(CCc2cc(O)c(O[C@H]3O[C@@H](CO)[C@@H](O)[C@@H](O)[C@@H]3O)c(OC)c2)cc1O. The van der Waals surface area contributed by atoms with E-state index < -0.39 is 37.3 Å². The Hall–Kier alpha value is -2.76. The average molecular weight is 452 g/mol. The second-order valence-corrected chi connectivity index (χ2v) is 7.47. The minimum Gasteiger partial charge on any atom is -0.504 e. The summed E-state index contributed by atoms with van der Waals surface area (Å²) < 4.78 is 21.2. The number of methoxy groups -OCH3 is 2. The number of phenolic OH excluding ortho intramolecular Hbond substituents is 2. The van der Waals surface area contributed by atoms with Crippen LogP contribution in [0.4, 0.5) is 0 Å². The molecular formula is C22H28O10. The van der Waals surface area contributed by atoms with Crippen molar-refractivity contribution in [3.05, 3.63) is 41.5 Å². The van der Waals surface area contributed by atoms with Crippen molar-refractivity contribution >= 4 is 0 Å². The average Bonchev–Trinajstić information content (AvgIpc) is 2.79. The van der Waals surface area contributed by atoms with E-state index in [0.29, 0.717) is 18.6 Å². The minimum absolute atomic E-state index is 0.0358. The Balaban J connectivity index is 1.75. The van der Waals surface area contributed by atoms with Gasteiger partial charge in [0, 0.05) is 0 Å². The first-order chi connectivity index (χ1) is 15.3. The zero-order valence-corrected chi connectivity index (χ0v) is 17.7. The molecule has 0 amide bonds. The molecule has 0 radical (unpaired) electrons. The maximum Gasteiger partial charge on any atom is 0.229 e. The molecule has 32 heavy (non-hydrogen) atoms. The van der Waals surface area contributed by atoms with Crippen molar-refractivity contribution in [3.63, 3.8) is 0 Å². The lowest BCUT2D eigenvalue weighted by Gasteiger charge is -2.39. The number of hydrogen-bond donors (Lipinski definition) is 6. The molecule has 0 aliphatic carbocycles. The third-order valence-corrected chi connectivity index (χ3v) is 5.34. The van der Waals surface area contributed by atoms with Gasteiger partial charge in [-0.2, -0.15) is 0 Å². The molecule has 1 heterocycles. The number of aryl methyl sites for hydroxylation is 2. The summed E-state index contributed by atoms with van der Waals surface area (Å²) in [6.45, 7) is -0.603. The molecule has 6 N–H and O–H groups in total. The lowest BCUT2D eigenvalue weighted by Crippen LogP contribution is -2.60. The molecule has 1 saturated heterocycles. The monoisotopic (exact) mass is 452 g/mol. The number of phenols is 2. The van der Waals surface area contributed by atoms with E-state index in [1.54, 1.807) is 18.2 Å². The van der Waals surface area contributed by atoms with Crippen molar-refractivity contribution in [1.82, 2.24) is 0 Å². The summed E-state index contributed by atoms with van der Waals surface area (Å²) in [4.78, 5) is 0. The molecule has 1 fully saturated rings. The Kier molecular flexibility index (Phi) is 7.64.